The Morgan fingerprint density at radius 2 is 1.81 bits per heavy atom. The summed E-state index contributed by atoms with van der Waals surface area (Å²) >= 11 is 0. The summed E-state index contributed by atoms with van der Waals surface area (Å²) in [5, 5.41) is 16.9. The molecule has 2 bridgehead atoms. The van der Waals surface area contributed by atoms with Crippen LogP contribution >= 0.6 is 0 Å². The number of hydrogen-bond acceptors (Lipinski definition) is 3. The van der Waals surface area contributed by atoms with Crippen molar-refractivity contribution < 1.29 is 20.0 Å². The van der Waals surface area contributed by atoms with E-state index in [1.54, 1.807) is 0 Å². The normalized spacial score (nSPS) is 24.6. The number of fused-ring (bicyclic) bond motifs is 3. The van der Waals surface area contributed by atoms with Gasteiger partial charge in [-0.25, -0.2) is 0 Å². The molecule has 0 radical (unpaired) electrons. The van der Waals surface area contributed by atoms with Crippen LogP contribution in [0.5, 0.6) is 5.75 Å². The molecule has 2 aromatic carbocycles. The number of nitrogens with two attached hydrogens (primary N) is 1. The molecule has 3 atom stereocenters. The molecule has 5 heteroatoms. The van der Waals surface area contributed by atoms with Crippen molar-refractivity contribution in [3.8, 4) is 5.75 Å². The number of aliphatic hydroxyl groups excluding tert-OH is 1. The first kappa shape index (κ1) is 26.2. The fourth-order valence-electron chi connectivity index (χ4n) is 6.42. The average molecular weight is 506 g/mol. The standard InChI is InChI=1S/C32H44N2O3/c1-2-23-14-15-30-26(19-23)28(21-32(37-30)16-9-17-32)33-22-29(35)27-20-25-12-8-11-24(18-25)10-6-4-3-5-7-13-31(36)34-27/h8,11-12,14-15,18-19,27-29,33,35H,2-7,9-10,13,16-17,20-22H2,1H3,(H,34,36)/p+1/t27-,28-,29+/m0/s1. The summed E-state index contributed by atoms with van der Waals surface area (Å²) in [4.78, 5) is 12.8. The molecule has 0 saturated heterocycles. The van der Waals surface area contributed by atoms with E-state index in [-0.39, 0.29) is 23.6 Å². The Balaban J connectivity index is 1.31. The fourth-order valence-corrected chi connectivity index (χ4v) is 6.42. The van der Waals surface area contributed by atoms with Crippen LogP contribution in [0.25, 0.3) is 0 Å². The number of quaternary nitrogens is 1. The maximum atomic E-state index is 12.8. The lowest BCUT2D eigenvalue weighted by Gasteiger charge is -2.47. The van der Waals surface area contributed by atoms with Gasteiger partial charge in [0.15, 0.2) is 0 Å². The van der Waals surface area contributed by atoms with Crippen LogP contribution in [0.3, 0.4) is 0 Å². The number of carbonyl (C=O) groups excluding carboxylic acids is 1. The molecule has 37 heavy (non-hydrogen) atoms. The minimum Gasteiger partial charge on any atom is -0.486 e. The molecular formula is C32H45N2O3+. The monoisotopic (exact) mass is 505 g/mol. The molecule has 1 spiro atoms. The topological polar surface area (TPSA) is 75.2 Å². The van der Waals surface area contributed by atoms with Crippen molar-refractivity contribution in [2.24, 2.45) is 0 Å². The largest absolute Gasteiger partial charge is 0.486 e. The first-order valence-electron chi connectivity index (χ1n) is 14.7. The summed E-state index contributed by atoms with van der Waals surface area (Å²) in [6.45, 7) is 2.74. The summed E-state index contributed by atoms with van der Waals surface area (Å²) in [6.07, 6.45) is 12.7. The highest BCUT2D eigenvalue weighted by molar-refractivity contribution is 5.76. The molecular weight excluding hydrogens is 460 g/mol. The smallest absolute Gasteiger partial charge is 0.220 e. The SMILES string of the molecule is CCc1ccc2c(c1)[C@@H]([NH2+]C[C@@H](O)[C@@H]1Cc3cccc(c3)CCCCCCCC(=O)N1)CC1(CCC1)O2. The predicted molar refractivity (Wildman–Crippen MR) is 147 cm³/mol. The van der Waals surface area contributed by atoms with E-state index in [0.717, 1.165) is 50.7 Å². The second-order valence-corrected chi connectivity index (χ2v) is 11.7. The lowest BCUT2D eigenvalue weighted by atomic mass is 9.72. The Labute approximate surface area is 222 Å². The van der Waals surface area contributed by atoms with Crippen LogP contribution < -0.4 is 15.4 Å². The molecule has 1 fully saturated rings. The van der Waals surface area contributed by atoms with E-state index in [0.29, 0.717) is 19.4 Å². The molecule has 0 aromatic heterocycles. The summed E-state index contributed by atoms with van der Waals surface area (Å²) < 4.78 is 6.50. The molecule has 1 aliphatic carbocycles. The van der Waals surface area contributed by atoms with E-state index in [9.17, 15) is 9.90 Å². The van der Waals surface area contributed by atoms with Gasteiger partial charge in [0.1, 0.15) is 30.0 Å². The molecule has 2 aliphatic heterocycles. The number of hydrogen-bond donors (Lipinski definition) is 3. The highest BCUT2D eigenvalue weighted by atomic mass is 16.5. The first-order valence-corrected chi connectivity index (χ1v) is 14.7. The third kappa shape index (κ3) is 6.56. The van der Waals surface area contributed by atoms with Crippen molar-refractivity contribution in [1.82, 2.24) is 5.32 Å². The van der Waals surface area contributed by atoms with Gasteiger partial charge in [0.2, 0.25) is 5.91 Å². The molecule has 5 rings (SSSR count). The second kappa shape index (κ2) is 12.0. The Bertz CT molecular complexity index is 1060. The van der Waals surface area contributed by atoms with E-state index in [1.165, 1.54) is 47.9 Å². The minimum atomic E-state index is -0.626. The minimum absolute atomic E-state index is 0.0358. The van der Waals surface area contributed by atoms with Gasteiger partial charge in [-0.2, -0.15) is 0 Å². The van der Waals surface area contributed by atoms with Crippen LogP contribution in [0.2, 0.25) is 0 Å². The van der Waals surface area contributed by atoms with Gasteiger partial charge in [-0.1, -0.05) is 56.5 Å². The Morgan fingerprint density at radius 1 is 1.03 bits per heavy atom. The molecule has 1 amide bonds. The third-order valence-corrected chi connectivity index (χ3v) is 8.85. The van der Waals surface area contributed by atoms with Gasteiger partial charge >= 0.3 is 0 Å². The van der Waals surface area contributed by atoms with E-state index in [1.807, 2.05) is 0 Å². The molecule has 200 valence electrons. The summed E-state index contributed by atoms with van der Waals surface area (Å²) in [5.41, 5.74) is 5.09. The number of rotatable bonds is 5. The van der Waals surface area contributed by atoms with Gasteiger partial charge in [0.25, 0.3) is 0 Å². The van der Waals surface area contributed by atoms with Crippen LogP contribution in [0.1, 0.15) is 99.4 Å². The fraction of sp³-hybridized carbons (Fsp3) is 0.594. The van der Waals surface area contributed by atoms with Crippen LogP contribution in [0, 0.1) is 0 Å². The van der Waals surface area contributed by atoms with E-state index >= 15 is 0 Å². The summed E-state index contributed by atoms with van der Waals surface area (Å²) in [7, 11) is 0. The quantitative estimate of drug-likeness (QED) is 0.558. The number of amides is 1. The van der Waals surface area contributed by atoms with Gasteiger partial charge < -0.3 is 20.5 Å². The van der Waals surface area contributed by atoms with Crippen molar-refractivity contribution >= 4 is 5.91 Å². The van der Waals surface area contributed by atoms with E-state index < -0.39 is 6.10 Å². The lowest BCUT2D eigenvalue weighted by Crippen LogP contribution is -2.89. The Morgan fingerprint density at radius 3 is 2.59 bits per heavy atom. The van der Waals surface area contributed by atoms with Gasteiger partial charge in [-0.3, -0.25) is 4.79 Å². The van der Waals surface area contributed by atoms with Gasteiger partial charge in [-0.05, 0) is 80.2 Å². The molecule has 5 nitrogen and oxygen atoms in total. The zero-order chi connectivity index (χ0) is 25.7. The highest BCUT2D eigenvalue weighted by Crippen LogP contribution is 2.47. The number of ether oxygens (including phenoxy) is 1. The van der Waals surface area contributed by atoms with Crippen molar-refractivity contribution in [2.75, 3.05) is 6.54 Å². The summed E-state index contributed by atoms with van der Waals surface area (Å²) in [5.74, 6) is 1.08. The Kier molecular flexibility index (Phi) is 8.51. The van der Waals surface area contributed by atoms with Crippen LogP contribution in [0.4, 0.5) is 0 Å². The molecule has 3 aliphatic rings. The average Bonchev–Trinajstić information content (AvgIpc) is 2.89. The Hall–Kier alpha value is -2.37. The molecule has 2 aromatic rings. The highest BCUT2D eigenvalue weighted by Gasteiger charge is 2.47. The zero-order valence-corrected chi connectivity index (χ0v) is 22.5. The number of carbonyl (C=O) groups is 1. The number of benzene rings is 2. The van der Waals surface area contributed by atoms with E-state index in [4.69, 9.17) is 4.74 Å². The predicted octanol–water partition coefficient (Wildman–Crippen LogP) is 4.54. The van der Waals surface area contributed by atoms with Crippen molar-refractivity contribution in [1.29, 1.82) is 0 Å². The molecule has 1 saturated carbocycles. The number of aryl methyl sites for hydroxylation is 2. The number of nitrogens with one attached hydrogen (secondary N) is 1. The zero-order valence-electron chi connectivity index (χ0n) is 22.5. The van der Waals surface area contributed by atoms with Crippen LogP contribution in [-0.4, -0.2) is 35.3 Å². The van der Waals surface area contributed by atoms with E-state index in [2.05, 4.69) is 60.0 Å². The molecule has 2 heterocycles. The molecule has 0 unspecified atom stereocenters. The third-order valence-electron chi connectivity index (χ3n) is 8.85. The van der Waals surface area contributed by atoms with Gasteiger partial charge in [0.05, 0.1) is 11.6 Å². The first-order chi connectivity index (χ1) is 18.0. The summed E-state index contributed by atoms with van der Waals surface area (Å²) in [6, 6.07) is 15.3. The van der Waals surface area contributed by atoms with Crippen LogP contribution in [-0.2, 0) is 24.1 Å². The van der Waals surface area contributed by atoms with Crippen molar-refractivity contribution in [3.63, 3.8) is 0 Å². The lowest BCUT2D eigenvalue weighted by molar-refractivity contribution is -0.705. The second-order valence-electron chi connectivity index (χ2n) is 11.7. The van der Waals surface area contributed by atoms with Crippen LogP contribution in [0.15, 0.2) is 42.5 Å². The maximum absolute atomic E-state index is 12.8. The van der Waals surface area contributed by atoms with Gasteiger partial charge in [0, 0.05) is 12.8 Å². The van der Waals surface area contributed by atoms with Crippen molar-refractivity contribution in [3.05, 3.63) is 64.7 Å². The molecule has 4 N–H and O–H groups in total. The maximum Gasteiger partial charge on any atom is 0.220 e. The van der Waals surface area contributed by atoms with Gasteiger partial charge in [-0.15, -0.1) is 0 Å². The van der Waals surface area contributed by atoms with Crippen molar-refractivity contribution in [2.45, 2.75) is 114 Å². The number of aliphatic hydroxyl groups is 1.